The Kier molecular flexibility index (Phi) is 2.79. The lowest BCUT2D eigenvalue weighted by atomic mass is 10.3. The SMILES string of the molecule is Cn1nc(C(F)(F)F)cc1Oc1ccccc1. The van der Waals surface area contributed by atoms with Gasteiger partial charge in [0.15, 0.2) is 5.69 Å². The number of benzene rings is 1. The molecule has 0 aliphatic carbocycles. The predicted molar refractivity (Wildman–Crippen MR) is 54.7 cm³/mol. The standard InChI is InChI=1S/C11H9F3N2O/c1-16-10(7-9(15-16)11(12,13)14)17-8-5-3-2-4-6-8/h2-7H,1H3. The van der Waals surface area contributed by atoms with Crippen LogP contribution in [-0.2, 0) is 13.2 Å². The molecule has 0 amide bonds. The Hall–Kier alpha value is -1.98. The van der Waals surface area contributed by atoms with E-state index in [2.05, 4.69) is 5.10 Å². The molecule has 0 N–H and O–H groups in total. The number of alkyl halides is 3. The van der Waals surface area contributed by atoms with Crippen LogP contribution in [0.5, 0.6) is 11.6 Å². The largest absolute Gasteiger partial charge is 0.439 e. The summed E-state index contributed by atoms with van der Waals surface area (Å²) >= 11 is 0. The van der Waals surface area contributed by atoms with Gasteiger partial charge in [-0.2, -0.15) is 18.3 Å². The Morgan fingerprint density at radius 2 is 1.82 bits per heavy atom. The molecule has 0 unspecified atom stereocenters. The molecule has 0 aliphatic heterocycles. The van der Waals surface area contributed by atoms with Gasteiger partial charge in [0.05, 0.1) is 0 Å². The van der Waals surface area contributed by atoms with Gasteiger partial charge in [-0.05, 0) is 12.1 Å². The molecule has 17 heavy (non-hydrogen) atoms. The fraction of sp³-hybridized carbons (Fsp3) is 0.182. The summed E-state index contributed by atoms with van der Waals surface area (Å²) in [7, 11) is 1.40. The van der Waals surface area contributed by atoms with Crippen LogP contribution >= 0.6 is 0 Å². The normalized spacial score (nSPS) is 11.5. The zero-order valence-electron chi connectivity index (χ0n) is 8.90. The van der Waals surface area contributed by atoms with Crippen molar-refractivity contribution < 1.29 is 17.9 Å². The van der Waals surface area contributed by atoms with Gasteiger partial charge >= 0.3 is 6.18 Å². The predicted octanol–water partition coefficient (Wildman–Crippen LogP) is 3.23. The van der Waals surface area contributed by atoms with Crippen molar-refractivity contribution in [2.75, 3.05) is 0 Å². The number of rotatable bonds is 2. The molecule has 1 heterocycles. The summed E-state index contributed by atoms with van der Waals surface area (Å²) in [5, 5.41) is 3.34. The van der Waals surface area contributed by atoms with Gasteiger partial charge in [-0.25, -0.2) is 4.68 Å². The maximum atomic E-state index is 12.4. The van der Waals surface area contributed by atoms with Crippen LogP contribution in [0.3, 0.4) is 0 Å². The molecule has 90 valence electrons. The van der Waals surface area contributed by atoms with E-state index in [4.69, 9.17) is 4.74 Å². The molecule has 3 nitrogen and oxygen atoms in total. The van der Waals surface area contributed by atoms with Crippen molar-refractivity contribution in [2.24, 2.45) is 7.05 Å². The van der Waals surface area contributed by atoms with Crippen LogP contribution in [0.4, 0.5) is 13.2 Å². The molecule has 0 aliphatic rings. The second-order valence-corrected chi connectivity index (χ2v) is 3.40. The van der Waals surface area contributed by atoms with Gasteiger partial charge < -0.3 is 4.74 Å². The van der Waals surface area contributed by atoms with Crippen molar-refractivity contribution in [3.63, 3.8) is 0 Å². The molecule has 0 fully saturated rings. The lowest BCUT2D eigenvalue weighted by Gasteiger charge is -2.03. The number of aromatic nitrogens is 2. The van der Waals surface area contributed by atoms with Crippen molar-refractivity contribution in [3.05, 3.63) is 42.1 Å². The number of hydrogen-bond donors (Lipinski definition) is 0. The Morgan fingerprint density at radius 1 is 1.18 bits per heavy atom. The molecule has 0 spiro atoms. The van der Waals surface area contributed by atoms with Gasteiger partial charge in [0, 0.05) is 13.1 Å². The summed E-state index contributed by atoms with van der Waals surface area (Å²) in [6.45, 7) is 0. The van der Waals surface area contributed by atoms with E-state index in [1.165, 1.54) is 7.05 Å². The lowest BCUT2D eigenvalue weighted by Crippen LogP contribution is -2.06. The minimum atomic E-state index is -4.46. The minimum Gasteiger partial charge on any atom is -0.439 e. The first kappa shape index (κ1) is 11.5. The van der Waals surface area contributed by atoms with E-state index >= 15 is 0 Å². The third-order valence-corrected chi connectivity index (χ3v) is 2.09. The summed E-state index contributed by atoms with van der Waals surface area (Å²) in [6.07, 6.45) is -4.46. The van der Waals surface area contributed by atoms with Crippen LogP contribution in [-0.4, -0.2) is 9.78 Å². The first-order chi connectivity index (χ1) is 7.97. The average molecular weight is 242 g/mol. The van der Waals surface area contributed by atoms with Gasteiger partial charge in [0.1, 0.15) is 5.75 Å². The third-order valence-electron chi connectivity index (χ3n) is 2.09. The highest BCUT2D eigenvalue weighted by molar-refractivity contribution is 5.28. The van der Waals surface area contributed by atoms with Gasteiger partial charge in [-0.3, -0.25) is 0 Å². The molecule has 1 aromatic carbocycles. The molecular formula is C11H9F3N2O. The molecule has 1 aromatic heterocycles. The van der Waals surface area contributed by atoms with E-state index < -0.39 is 11.9 Å². The van der Waals surface area contributed by atoms with Crippen LogP contribution in [0, 0.1) is 0 Å². The van der Waals surface area contributed by atoms with Crippen molar-refractivity contribution in [1.82, 2.24) is 9.78 Å². The number of nitrogens with zero attached hydrogens (tertiary/aromatic N) is 2. The fourth-order valence-corrected chi connectivity index (χ4v) is 1.29. The summed E-state index contributed by atoms with van der Waals surface area (Å²) in [5.41, 5.74) is -0.967. The molecule has 0 bridgehead atoms. The van der Waals surface area contributed by atoms with Crippen LogP contribution in [0.25, 0.3) is 0 Å². The number of halogens is 3. The van der Waals surface area contributed by atoms with Crippen molar-refractivity contribution in [2.45, 2.75) is 6.18 Å². The maximum Gasteiger partial charge on any atom is 0.435 e. The van der Waals surface area contributed by atoms with Crippen LogP contribution in [0.15, 0.2) is 36.4 Å². The van der Waals surface area contributed by atoms with Crippen molar-refractivity contribution >= 4 is 0 Å². The van der Waals surface area contributed by atoms with E-state index in [0.717, 1.165) is 10.7 Å². The van der Waals surface area contributed by atoms with E-state index in [0.29, 0.717) is 5.75 Å². The quantitative estimate of drug-likeness (QED) is 0.808. The van der Waals surface area contributed by atoms with Crippen LogP contribution in [0.2, 0.25) is 0 Å². The van der Waals surface area contributed by atoms with E-state index in [1.54, 1.807) is 30.3 Å². The smallest absolute Gasteiger partial charge is 0.435 e. The first-order valence-electron chi connectivity index (χ1n) is 4.81. The molecule has 6 heteroatoms. The van der Waals surface area contributed by atoms with Gasteiger partial charge in [0.25, 0.3) is 0 Å². The molecule has 0 saturated carbocycles. The fourth-order valence-electron chi connectivity index (χ4n) is 1.29. The Bertz CT molecular complexity index is 505. The van der Waals surface area contributed by atoms with Gasteiger partial charge in [0.2, 0.25) is 5.88 Å². The zero-order valence-corrected chi connectivity index (χ0v) is 8.90. The second-order valence-electron chi connectivity index (χ2n) is 3.40. The highest BCUT2D eigenvalue weighted by Gasteiger charge is 2.35. The van der Waals surface area contributed by atoms with E-state index in [9.17, 15) is 13.2 Å². The topological polar surface area (TPSA) is 27.1 Å². The van der Waals surface area contributed by atoms with E-state index in [1.807, 2.05) is 0 Å². The Morgan fingerprint density at radius 3 is 2.35 bits per heavy atom. The first-order valence-corrected chi connectivity index (χ1v) is 4.81. The molecule has 2 aromatic rings. The molecule has 2 rings (SSSR count). The number of hydrogen-bond acceptors (Lipinski definition) is 2. The number of ether oxygens (including phenoxy) is 1. The summed E-state index contributed by atoms with van der Waals surface area (Å²) < 4.78 is 43.5. The van der Waals surface area contributed by atoms with E-state index in [-0.39, 0.29) is 5.88 Å². The number of para-hydroxylation sites is 1. The Labute approximate surface area is 95.4 Å². The monoisotopic (exact) mass is 242 g/mol. The summed E-state index contributed by atoms with van der Waals surface area (Å²) in [6, 6.07) is 9.43. The molecular weight excluding hydrogens is 233 g/mol. The average Bonchev–Trinajstić information content (AvgIpc) is 2.62. The highest BCUT2D eigenvalue weighted by Crippen LogP contribution is 2.31. The summed E-state index contributed by atoms with van der Waals surface area (Å²) in [5.74, 6) is 0.507. The molecule has 0 radical (unpaired) electrons. The Balaban J connectivity index is 2.26. The van der Waals surface area contributed by atoms with Crippen LogP contribution in [0.1, 0.15) is 5.69 Å². The maximum absolute atomic E-state index is 12.4. The zero-order chi connectivity index (χ0) is 12.5. The third kappa shape index (κ3) is 2.58. The highest BCUT2D eigenvalue weighted by atomic mass is 19.4. The second kappa shape index (κ2) is 4.12. The minimum absolute atomic E-state index is 0.0449. The summed E-state index contributed by atoms with van der Waals surface area (Å²) in [4.78, 5) is 0. The van der Waals surface area contributed by atoms with Gasteiger partial charge in [-0.1, -0.05) is 18.2 Å². The lowest BCUT2D eigenvalue weighted by molar-refractivity contribution is -0.141. The van der Waals surface area contributed by atoms with Gasteiger partial charge in [-0.15, -0.1) is 0 Å². The molecule has 0 saturated heterocycles. The van der Waals surface area contributed by atoms with Crippen LogP contribution < -0.4 is 4.74 Å². The van der Waals surface area contributed by atoms with Crippen molar-refractivity contribution in [3.8, 4) is 11.6 Å². The number of aryl methyl sites for hydroxylation is 1. The van der Waals surface area contributed by atoms with Crippen molar-refractivity contribution in [1.29, 1.82) is 0 Å². The molecule has 0 atom stereocenters.